The standard InChI is InChI=1S/C33H39N3O5/c1-22-8-7-9-27(14-22)19-35(4)20-31-23(2)18-36(24(3)21-37)33(38)28-15-26(17-34-32(28)41-31)11-10-25-12-13-29(39-5)30(16-25)40-6/h7-9,12-17,23-24,31,37H,18-21H2,1-6H3/t23-,24+,31-/m0/s1. The molecule has 0 unspecified atom stereocenters. The SMILES string of the molecule is COc1ccc(C#Cc2cnc3c(c2)C(=O)N([C@H](C)CO)C[C@H](C)[C@H](CN(C)Cc2cccc(C)c2)O3)cc1OC. The number of aromatic nitrogens is 1. The third-order valence-electron chi connectivity index (χ3n) is 7.28. The molecule has 0 spiro atoms. The van der Waals surface area contributed by atoms with Gasteiger partial charge in [-0.25, -0.2) is 4.98 Å². The molecule has 8 heteroatoms. The number of methoxy groups -OCH3 is 2. The molecule has 0 saturated carbocycles. The molecule has 1 aliphatic rings. The normalized spacial score (nSPS) is 17.5. The fraction of sp³-hybridized carbons (Fsp3) is 0.394. The number of benzene rings is 2. The molecule has 8 nitrogen and oxygen atoms in total. The zero-order chi connectivity index (χ0) is 29.5. The minimum Gasteiger partial charge on any atom is -0.493 e. The average molecular weight is 558 g/mol. The van der Waals surface area contributed by atoms with Crippen LogP contribution in [0.5, 0.6) is 17.4 Å². The Morgan fingerprint density at radius 2 is 1.88 bits per heavy atom. The molecule has 3 atom stereocenters. The van der Waals surface area contributed by atoms with Crippen molar-refractivity contribution in [2.45, 2.75) is 39.5 Å². The van der Waals surface area contributed by atoms with Crippen molar-refractivity contribution < 1.29 is 24.1 Å². The molecule has 41 heavy (non-hydrogen) atoms. The second-order valence-electron chi connectivity index (χ2n) is 10.7. The van der Waals surface area contributed by atoms with Crippen LogP contribution in [0.1, 0.15) is 46.5 Å². The van der Waals surface area contributed by atoms with Crippen LogP contribution in [0.3, 0.4) is 0 Å². The van der Waals surface area contributed by atoms with Crippen molar-refractivity contribution in [2.75, 3.05) is 41.0 Å². The van der Waals surface area contributed by atoms with Gasteiger partial charge in [-0.1, -0.05) is 48.6 Å². The van der Waals surface area contributed by atoms with Gasteiger partial charge in [-0.3, -0.25) is 9.69 Å². The Balaban J connectivity index is 1.63. The highest BCUT2D eigenvalue weighted by atomic mass is 16.5. The first kappa shape index (κ1) is 29.9. The number of aliphatic hydroxyl groups excluding tert-OH is 1. The molecule has 0 bridgehead atoms. The predicted octanol–water partition coefficient (Wildman–Crippen LogP) is 4.16. The highest BCUT2D eigenvalue weighted by molar-refractivity contribution is 5.97. The third-order valence-corrected chi connectivity index (χ3v) is 7.28. The predicted molar refractivity (Wildman–Crippen MR) is 158 cm³/mol. The maximum Gasteiger partial charge on any atom is 0.259 e. The van der Waals surface area contributed by atoms with Crippen molar-refractivity contribution in [1.29, 1.82) is 0 Å². The average Bonchev–Trinajstić information content (AvgIpc) is 2.97. The first-order chi connectivity index (χ1) is 19.7. The summed E-state index contributed by atoms with van der Waals surface area (Å²) in [6, 6.07) is 15.3. The van der Waals surface area contributed by atoms with E-state index in [1.807, 2.05) is 13.0 Å². The van der Waals surface area contributed by atoms with Gasteiger partial charge in [0.15, 0.2) is 11.5 Å². The second kappa shape index (κ2) is 13.5. The van der Waals surface area contributed by atoms with Crippen molar-refractivity contribution >= 4 is 5.91 Å². The van der Waals surface area contributed by atoms with E-state index in [4.69, 9.17) is 14.2 Å². The van der Waals surface area contributed by atoms with Crippen LogP contribution < -0.4 is 14.2 Å². The lowest BCUT2D eigenvalue weighted by atomic mass is 9.99. The lowest BCUT2D eigenvalue weighted by molar-refractivity contribution is 0.0325. The molecule has 0 saturated heterocycles. The summed E-state index contributed by atoms with van der Waals surface area (Å²) in [5.41, 5.74) is 4.10. The molecule has 0 radical (unpaired) electrons. The van der Waals surface area contributed by atoms with Gasteiger partial charge in [0.2, 0.25) is 5.88 Å². The van der Waals surface area contributed by atoms with Crippen LogP contribution in [-0.4, -0.2) is 78.9 Å². The van der Waals surface area contributed by atoms with E-state index in [2.05, 4.69) is 66.9 Å². The van der Waals surface area contributed by atoms with Crippen LogP contribution in [-0.2, 0) is 6.54 Å². The van der Waals surface area contributed by atoms with E-state index in [-0.39, 0.29) is 36.5 Å². The Morgan fingerprint density at radius 3 is 2.59 bits per heavy atom. The Kier molecular flexibility index (Phi) is 9.87. The maximum atomic E-state index is 13.7. The number of amides is 1. The number of carbonyl (C=O) groups excluding carboxylic acids is 1. The molecule has 1 amide bonds. The number of carbonyl (C=O) groups is 1. The Bertz CT molecular complexity index is 1430. The van der Waals surface area contributed by atoms with E-state index in [1.165, 1.54) is 11.1 Å². The van der Waals surface area contributed by atoms with Crippen LogP contribution in [0.25, 0.3) is 0 Å². The maximum absolute atomic E-state index is 13.7. The summed E-state index contributed by atoms with van der Waals surface area (Å²) in [7, 11) is 5.23. The number of aryl methyl sites for hydroxylation is 1. The summed E-state index contributed by atoms with van der Waals surface area (Å²) < 4.78 is 17.1. The molecular weight excluding hydrogens is 518 g/mol. The van der Waals surface area contributed by atoms with Gasteiger partial charge in [0.25, 0.3) is 5.91 Å². The fourth-order valence-electron chi connectivity index (χ4n) is 4.94. The monoisotopic (exact) mass is 557 g/mol. The van der Waals surface area contributed by atoms with Gasteiger partial charge in [0.05, 0.1) is 26.9 Å². The number of ether oxygens (including phenoxy) is 3. The van der Waals surface area contributed by atoms with Crippen LogP contribution in [0, 0.1) is 24.7 Å². The summed E-state index contributed by atoms with van der Waals surface area (Å²) in [5, 5.41) is 9.95. The molecule has 1 aromatic heterocycles. The van der Waals surface area contributed by atoms with Crippen molar-refractivity contribution in [2.24, 2.45) is 5.92 Å². The molecule has 3 aromatic rings. The molecule has 2 aromatic carbocycles. The van der Waals surface area contributed by atoms with Crippen LogP contribution in [0.4, 0.5) is 0 Å². The first-order valence-corrected chi connectivity index (χ1v) is 13.8. The van der Waals surface area contributed by atoms with Gasteiger partial charge in [0, 0.05) is 42.9 Å². The Morgan fingerprint density at radius 1 is 1.12 bits per heavy atom. The quantitative estimate of drug-likeness (QED) is 0.417. The van der Waals surface area contributed by atoms with E-state index in [1.54, 1.807) is 43.5 Å². The van der Waals surface area contributed by atoms with E-state index >= 15 is 0 Å². The minimum absolute atomic E-state index is 0.00683. The smallest absolute Gasteiger partial charge is 0.259 e. The summed E-state index contributed by atoms with van der Waals surface area (Å²) in [6.45, 7) is 7.74. The summed E-state index contributed by atoms with van der Waals surface area (Å²) in [5.74, 6) is 7.48. The summed E-state index contributed by atoms with van der Waals surface area (Å²) >= 11 is 0. The lowest BCUT2D eigenvalue weighted by Gasteiger charge is -2.37. The lowest BCUT2D eigenvalue weighted by Crippen LogP contribution is -2.49. The van der Waals surface area contributed by atoms with Gasteiger partial charge >= 0.3 is 0 Å². The number of fused-ring (bicyclic) bond motifs is 1. The van der Waals surface area contributed by atoms with E-state index in [0.29, 0.717) is 35.7 Å². The van der Waals surface area contributed by atoms with Gasteiger partial charge in [-0.2, -0.15) is 0 Å². The van der Waals surface area contributed by atoms with Gasteiger partial charge < -0.3 is 24.2 Å². The van der Waals surface area contributed by atoms with Gasteiger partial charge in [-0.15, -0.1) is 0 Å². The van der Waals surface area contributed by atoms with E-state index in [0.717, 1.165) is 12.1 Å². The van der Waals surface area contributed by atoms with Gasteiger partial charge in [0.1, 0.15) is 11.7 Å². The first-order valence-electron chi connectivity index (χ1n) is 13.8. The van der Waals surface area contributed by atoms with Crippen molar-refractivity contribution in [3.63, 3.8) is 0 Å². The molecule has 0 aliphatic carbocycles. The number of rotatable bonds is 8. The van der Waals surface area contributed by atoms with Gasteiger partial charge in [-0.05, 0) is 50.7 Å². The number of likely N-dealkylation sites (N-methyl/N-ethyl adjacent to an activating group) is 1. The van der Waals surface area contributed by atoms with Crippen LogP contribution in [0.15, 0.2) is 54.7 Å². The topological polar surface area (TPSA) is 84.4 Å². The summed E-state index contributed by atoms with van der Waals surface area (Å²) in [4.78, 5) is 22.2. The minimum atomic E-state index is -0.358. The molecular formula is C33H39N3O5. The summed E-state index contributed by atoms with van der Waals surface area (Å²) in [6.07, 6.45) is 1.40. The highest BCUT2D eigenvalue weighted by Crippen LogP contribution is 2.29. The van der Waals surface area contributed by atoms with E-state index in [9.17, 15) is 9.90 Å². The van der Waals surface area contributed by atoms with Crippen molar-refractivity contribution in [3.05, 3.63) is 82.5 Å². The number of nitrogens with zero attached hydrogens (tertiary/aromatic N) is 3. The van der Waals surface area contributed by atoms with Crippen LogP contribution >= 0.6 is 0 Å². The highest BCUT2D eigenvalue weighted by Gasteiger charge is 2.34. The molecule has 1 aliphatic heterocycles. The molecule has 4 rings (SSSR count). The number of aliphatic hydroxyl groups is 1. The number of pyridine rings is 1. The number of hydrogen-bond donors (Lipinski definition) is 1. The fourth-order valence-corrected chi connectivity index (χ4v) is 4.94. The molecule has 1 N–H and O–H groups in total. The van der Waals surface area contributed by atoms with Crippen molar-refractivity contribution in [3.8, 4) is 29.2 Å². The molecule has 0 fully saturated rings. The Hall–Kier alpha value is -4.06. The zero-order valence-corrected chi connectivity index (χ0v) is 24.7. The van der Waals surface area contributed by atoms with Crippen LogP contribution in [0.2, 0.25) is 0 Å². The van der Waals surface area contributed by atoms with Crippen molar-refractivity contribution in [1.82, 2.24) is 14.8 Å². The molecule has 216 valence electrons. The Labute approximate surface area is 242 Å². The number of hydrogen-bond acceptors (Lipinski definition) is 7. The largest absolute Gasteiger partial charge is 0.493 e. The van der Waals surface area contributed by atoms with E-state index < -0.39 is 0 Å². The molecule has 2 heterocycles. The zero-order valence-electron chi connectivity index (χ0n) is 24.7. The third kappa shape index (κ3) is 7.37. The second-order valence-corrected chi connectivity index (χ2v) is 10.7.